The van der Waals surface area contributed by atoms with Crippen molar-refractivity contribution in [3.05, 3.63) is 98.9 Å². The molecule has 1 N–H and O–H groups in total. The zero-order chi connectivity index (χ0) is 22.3. The quantitative estimate of drug-likeness (QED) is 0.481. The Balaban J connectivity index is 1.83. The van der Waals surface area contributed by atoms with Crippen LogP contribution in [0.15, 0.2) is 66.4 Å². The van der Waals surface area contributed by atoms with Crippen LogP contribution in [0.1, 0.15) is 16.7 Å². The van der Waals surface area contributed by atoms with Gasteiger partial charge in [0.25, 0.3) is 11.8 Å². The molecular formula is C24H17Cl2FN2O2. The van der Waals surface area contributed by atoms with Crippen molar-refractivity contribution in [2.75, 3.05) is 10.2 Å². The van der Waals surface area contributed by atoms with Gasteiger partial charge < -0.3 is 5.32 Å². The average Bonchev–Trinajstić information content (AvgIpc) is 2.97. The van der Waals surface area contributed by atoms with Gasteiger partial charge in [-0.25, -0.2) is 9.29 Å². The highest BCUT2D eigenvalue weighted by Crippen LogP contribution is 2.35. The summed E-state index contributed by atoms with van der Waals surface area (Å²) >= 11 is 12.1. The molecule has 0 saturated carbocycles. The Labute approximate surface area is 188 Å². The maximum atomic E-state index is 13.6. The number of rotatable bonds is 4. The van der Waals surface area contributed by atoms with Gasteiger partial charge in [-0.05, 0) is 55.3 Å². The summed E-state index contributed by atoms with van der Waals surface area (Å²) in [6.45, 7) is 3.80. The predicted octanol–water partition coefficient (Wildman–Crippen LogP) is 6.15. The molecule has 4 rings (SSSR count). The van der Waals surface area contributed by atoms with Crippen LogP contribution in [0.5, 0.6) is 0 Å². The minimum absolute atomic E-state index is 0.106. The van der Waals surface area contributed by atoms with E-state index in [0.717, 1.165) is 22.1 Å². The SMILES string of the molecule is Cc1ccc(C2=C(Nc3ccc(C)c(Cl)c3)C(=O)N(c3ccc(F)c(Cl)c3)C2=O)cc1. The number of carbonyl (C=O) groups excluding carboxylic acids is 2. The van der Waals surface area contributed by atoms with Crippen molar-refractivity contribution < 1.29 is 14.0 Å². The van der Waals surface area contributed by atoms with Crippen molar-refractivity contribution in [3.63, 3.8) is 0 Å². The zero-order valence-electron chi connectivity index (χ0n) is 16.7. The van der Waals surface area contributed by atoms with Crippen molar-refractivity contribution in [2.24, 2.45) is 0 Å². The Morgan fingerprint density at radius 2 is 1.55 bits per heavy atom. The lowest BCUT2D eigenvalue weighted by Gasteiger charge is -2.16. The number of halogens is 3. The summed E-state index contributed by atoms with van der Waals surface area (Å²) in [6.07, 6.45) is 0. The van der Waals surface area contributed by atoms with E-state index in [4.69, 9.17) is 23.2 Å². The third-order valence-corrected chi connectivity index (χ3v) is 5.72. The molecule has 0 fully saturated rings. The zero-order valence-corrected chi connectivity index (χ0v) is 18.2. The largest absolute Gasteiger partial charge is 0.350 e. The van der Waals surface area contributed by atoms with E-state index in [9.17, 15) is 14.0 Å². The number of hydrogen-bond acceptors (Lipinski definition) is 3. The number of anilines is 2. The number of hydrogen-bond donors (Lipinski definition) is 1. The van der Waals surface area contributed by atoms with Crippen LogP contribution in [-0.4, -0.2) is 11.8 Å². The summed E-state index contributed by atoms with van der Waals surface area (Å²) in [5.41, 5.74) is 3.55. The molecule has 0 aliphatic carbocycles. The Bertz CT molecular complexity index is 1250. The Morgan fingerprint density at radius 1 is 0.839 bits per heavy atom. The second-order valence-electron chi connectivity index (χ2n) is 7.25. The van der Waals surface area contributed by atoms with Crippen LogP contribution in [0, 0.1) is 19.7 Å². The van der Waals surface area contributed by atoms with E-state index < -0.39 is 17.6 Å². The smallest absolute Gasteiger partial charge is 0.282 e. The fraction of sp³-hybridized carbons (Fsp3) is 0.0833. The Morgan fingerprint density at radius 3 is 2.19 bits per heavy atom. The number of amides is 2. The number of aryl methyl sites for hydroxylation is 2. The third kappa shape index (κ3) is 3.94. The van der Waals surface area contributed by atoms with Crippen molar-refractivity contribution >= 4 is 52.0 Å². The summed E-state index contributed by atoms with van der Waals surface area (Å²) in [5.74, 6) is -1.74. The fourth-order valence-corrected chi connectivity index (χ4v) is 3.66. The summed E-state index contributed by atoms with van der Waals surface area (Å²) in [7, 11) is 0. The van der Waals surface area contributed by atoms with E-state index in [1.54, 1.807) is 24.3 Å². The number of carbonyl (C=O) groups is 2. The highest BCUT2D eigenvalue weighted by molar-refractivity contribution is 6.46. The van der Waals surface area contributed by atoms with E-state index in [2.05, 4.69) is 5.32 Å². The minimum atomic E-state index is -0.635. The fourth-order valence-electron chi connectivity index (χ4n) is 3.31. The first kappa shape index (κ1) is 21.1. The molecule has 7 heteroatoms. The number of nitrogens with one attached hydrogen (secondary N) is 1. The lowest BCUT2D eigenvalue weighted by atomic mass is 10.0. The third-order valence-electron chi connectivity index (χ3n) is 5.03. The Kier molecular flexibility index (Phi) is 5.56. The molecule has 0 unspecified atom stereocenters. The van der Waals surface area contributed by atoms with Crippen LogP contribution in [0.2, 0.25) is 10.0 Å². The van der Waals surface area contributed by atoms with Gasteiger partial charge in [0.15, 0.2) is 0 Å². The second kappa shape index (κ2) is 8.17. The summed E-state index contributed by atoms with van der Waals surface area (Å²) in [4.78, 5) is 27.7. The van der Waals surface area contributed by atoms with Crippen molar-refractivity contribution in [2.45, 2.75) is 13.8 Å². The molecular weight excluding hydrogens is 438 g/mol. The summed E-state index contributed by atoms with van der Waals surface area (Å²) < 4.78 is 13.6. The van der Waals surface area contributed by atoms with Gasteiger partial charge in [0.05, 0.1) is 16.3 Å². The molecule has 0 radical (unpaired) electrons. The molecule has 0 bridgehead atoms. The van der Waals surface area contributed by atoms with Crippen LogP contribution in [0.4, 0.5) is 15.8 Å². The lowest BCUT2D eigenvalue weighted by Crippen LogP contribution is -2.32. The van der Waals surface area contributed by atoms with E-state index in [-0.39, 0.29) is 22.0 Å². The molecule has 31 heavy (non-hydrogen) atoms. The molecule has 1 aliphatic rings. The van der Waals surface area contributed by atoms with Gasteiger partial charge in [0.2, 0.25) is 0 Å². The van der Waals surface area contributed by atoms with E-state index >= 15 is 0 Å². The number of nitrogens with zero attached hydrogens (tertiary/aromatic N) is 1. The topological polar surface area (TPSA) is 49.4 Å². The van der Waals surface area contributed by atoms with Crippen LogP contribution in [-0.2, 0) is 9.59 Å². The number of imide groups is 1. The first-order valence-corrected chi connectivity index (χ1v) is 10.2. The Hall–Kier alpha value is -3.15. The van der Waals surface area contributed by atoms with Crippen molar-refractivity contribution in [1.29, 1.82) is 0 Å². The first-order chi connectivity index (χ1) is 14.8. The van der Waals surface area contributed by atoms with Gasteiger partial charge in [-0.3, -0.25) is 9.59 Å². The molecule has 1 heterocycles. The van der Waals surface area contributed by atoms with Gasteiger partial charge >= 0.3 is 0 Å². The highest BCUT2D eigenvalue weighted by atomic mass is 35.5. The van der Waals surface area contributed by atoms with E-state index in [1.807, 2.05) is 32.0 Å². The highest BCUT2D eigenvalue weighted by Gasteiger charge is 2.40. The molecule has 0 atom stereocenters. The number of benzene rings is 3. The summed E-state index contributed by atoms with van der Waals surface area (Å²) in [6, 6.07) is 16.3. The van der Waals surface area contributed by atoms with Gasteiger partial charge in [-0.2, -0.15) is 0 Å². The summed E-state index contributed by atoms with van der Waals surface area (Å²) in [5, 5.41) is 3.40. The molecule has 4 nitrogen and oxygen atoms in total. The molecule has 1 aliphatic heterocycles. The van der Waals surface area contributed by atoms with Crippen LogP contribution in [0.25, 0.3) is 5.57 Å². The van der Waals surface area contributed by atoms with Crippen molar-refractivity contribution in [3.8, 4) is 0 Å². The maximum absolute atomic E-state index is 13.6. The van der Waals surface area contributed by atoms with Crippen molar-refractivity contribution in [1.82, 2.24) is 0 Å². The molecule has 0 saturated heterocycles. The minimum Gasteiger partial charge on any atom is -0.350 e. The standard InChI is InChI=1S/C24H17Cl2FN2O2/c1-13-3-6-15(7-4-13)21-22(28-16-8-5-14(2)18(25)11-16)24(31)29(23(21)30)17-9-10-20(27)19(26)12-17/h3-12,28H,1-2H3. The van der Waals surface area contributed by atoms with Gasteiger partial charge in [-0.1, -0.05) is 59.1 Å². The molecule has 156 valence electrons. The normalized spacial score (nSPS) is 13.9. The maximum Gasteiger partial charge on any atom is 0.282 e. The first-order valence-electron chi connectivity index (χ1n) is 9.44. The molecule has 3 aromatic carbocycles. The lowest BCUT2D eigenvalue weighted by molar-refractivity contribution is -0.120. The average molecular weight is 455 g/mol. The molecule has 3 aromatic rings. The van der Waals surface area contributed by atoms with Gasteiger partial charge in [0, 0.05) is 10.7 Å². The monoisotopic (exact) mass is 454 g/mol. The molecule has 0 spiro atoms. The van der Waals surface area contributed by atoms with Gasteiger partial charge in [-0.15, -0.1) is 0 Å². The second-order valence-corrected chi connectivity index (χ2v) is 8.06. The molecule has 2 amide bonds. The van der Waals surface area contributed by atoms with Gasteiger partial charge in [0.1, 0.15) is 11.5 Å². The van der Waals surface area contributed by atoms with E-state index in [1.165, 1.54) is 12.1 Å². The van der Waals surface area contributed by atoms with Crippen LogP contribution in [0.3, 0.4) is 0 Å². The van der Waals surface area contributed by atoms with Crippen LogP contribution < -0.4 is 10.2 Å². The van der Waals surface area contributed by atoms with E-state index in [0.29, 0.717) is 16.3 Å². The molecule has 0 aromatic heterocycles. The predicted molar refractivity (Wildman–Crippen MR) is 122 cm³/mol. The van der Waals surface area contributed by atoms with Crippen LogP contribution >= 0.6 is 23.2 Å².